The van der Waals surface area contributed by atoms with Gasteiger partial charge in [0.1, 0.15) is 5.69 Å². The first kappa shape index (κ1) is 12.1. The molecule has 20 heavy (non-hydrogen) atoms. The maximum Gasteiger partial charge on any atom is 0.354 e. The van der Waals surface area contributed by atoms with Crippen LogP contribution < -0.4 is 0 Å². The smallest absolute Gasteiger partial charge is 0.354 e. The van der Waals surface area contributed by atoms with Crippen LogP contribution in [0.25, 0.3) is 16.8 Å². The molecule has 0 fully saturated rings. The summed E-state index contributed by atoms with van der Waals surface area (Å²) in [7, 11) is 0. The summed E-state index contributed by atoms with van der Waals surface area (Å²) < 4.78 is 1.67. The molecule has 1 N–H and O–H groups in total. The minimum Gasteiger partial charge on any atom is -0.477 e. The lowest BCUT2D eigenvalue weighted by atomic mass is 10.1. The van der Waals surface area contributed by atoms with E-state index in [0.717, 1.165) is 16.8 Å². The van der Waals surface area contributed by atoms with Crippen molar-refractivity contribution < 1.29 is 9.90 Å². The predicted octanol–water partition coefficient (Wildman–Crippen LogP) is 2.63. The van der Waals surface area contributed by atoms with E-state index < -0.39 is 5.97 Å². The molecule has 0 aliphatic heterocycles. The third kappa shape index (κ3) is 2.29. The van der Waals surface area contributed by atoms with E-state index in [-0.39, 0.29) is 5.69 Å². The molecular formula is C15H11N3O2. The van der Waals surface area contributed by atoms with Gasteiger partial charge in [-0.05, 0) is 17.7 Å². The number of pyridine rings is 1. The summed E-state index contributed by atoms with van der Waals surface area (Å²) in [5.74, 6) is -1.04. The zero-order chi connectivity index (χ0) is 13.9. The molecule has 0 amide bonds. The molecule has 2 heterocycles. The molecule has 0 radical (unpaired) electrons. The van der Waals surface area contributed by atoms with Crippen molar-refractivity contribution in [3.05, 3.63) is 66.7 Å². The number of carboxylic acids is 1. The van der Waals surface area contributed by atoms with Crippen molar-refractivity contribution in [1.29, 1.82) is 0 Å². The van der Waals surface area contributed by atoms with Crippen LogP contribution >= 0.6 is 0 Å². The molecule has 0 bridgehead atoms. The number of hydrogen-bond donors (Lipinski definition) is 1. The second-order valence-corrected chi connectivity index (χ2v) is 4.25. The molecule has 0 saturated carbocycles. The van der Waals surface area contributed by atoms with Crippen LogP contribution in [0.2, 0.25) is 0 Å². The van der Waals surface area contributed by atoms with E-state index in [4.69, 9.17) is 5.11 Å². The van der Waals surface area contributed by atoms with Gasteiger partial charge in [0.15, 0.2) is 0 Å². The maximum atomic E-state index is 10.8. The molecule has 5 nitrogen and oxygen atoms in total. The minimum absolute atomic E-state index is 0.0178. The van der Waals surface area contributed by atoms with Crippen LogP contribution in [0.1, 0.15) is 10.5 Å². The highest BCUT2D eigenvalue weighted by molar-refractivity contribution is 5.85. The summed E-state index contributed by atoms with van der Waals surface area (Å²) in [6.45, 7) is 0. The van der Waals surface area contributed by atoms with E-state index >= 15 is 0 Å². The second kappa shape index (κ2) is 4.97. The van der Waals surface area contributed by atoms with Crippen molar-refractivity contribution in [2.24, 2.45) is 0 Å². The number of carboxylic acid groups (broad SMARTS) is 1. The van der Waals surface area contributed by atoms with Gasteiger partial charge in [0.25, 0.3) is 0 Å². The standard InChI is InChI=1S/C15H11N3O2/c19-15(20)14-7-6-13(9-16-14)18-10-12(8-17-18)11-4-2-1-3-5-11/h1-10H,(H,19,20). The highest BCUT2D eigenvalue weighted by Crippen LogP contribution is 2.19. The molecule has 2 aromatic heterocycles. The van der Waals surface area contributed by atoms with Gasteiger partial charge in [0.2, 0.25) is 0 Å². The zero-order valence-electron chi connectivity index (χ0n) is 10.5. The van der Waals surface area contributed by atoms with Gasteiger partial charge >= 0.3 is 5.97 Å². The Balaban J connectivity index is 1.92. The molecule has 0 spiro atoms. The average Bonchev–Trinajstić information content (AvgIpc) is 2.98. The monoisotopic (exact) mass is 265 g/mol. The summed E-state index contributed by atoms with van der Waals surface area (Å²) in [5.41, 5.74) is 2.81. The van der Waals surface area contributed by atoms with Gasteiger partial charge in [-0.1, -0.05) is 30.3 Å². The summed E-state index contributed by atoms with van der Waals surface area (Å²) in [5, 5.41) is 13.1. The number of nitrogens with zero attached hydrogens (tertiary/aromatic N) is 3. The van der Waals surface area contributed by atoms with E-state index in [2.05, 4.69) is 10.1 Å². The van der Waals surface area contributed by atoms with Crippen LogP contribution in [0.4, 0.5) is 0 Å². The average molecular weight is 265 g/mol. The zero-order valence-corrected chi connectivity index (χ0v) is 10.5. The molecule has 0 saturated heterocycles. The Bertz CT molecular complexity index is 733. The van der Waals surface area contributed by atoms with Gasteiger partial charge in [-0.3, -0.25) is 0 Å². The van der Waals surface area contributed by atoms with Crippen LogP contribution in [0.15, 0.2) is 61.1 Å². The number of benzene rings is 1. The van der Waals surface area contributed by atoms with Crippen LogP contribution in [0.3, 0.4) is 0 Å². The van der Waals surface area contributed by atoms with Crippen molar-refractivity contribution in [3.8, 4) is 16.8 Å². The summed E-state index contributed by atoms with van der Waals surface area (Å²) in [6.07, 6.45) is 5.14. The van der Waals surface area contributed by atoms with Gasteiger partial charge in [-0.25, -0.2) is 14.5 Å². The summed E-state index contributed by atoms with van der Waals surface area (Å²) >= 11 is 0. The number of aromatic nitrogens is 3. The topological polar surface area (TPSA) is 68.0 Å². The second-order valence-electron chi connectivity index (χ2n) is 4.25. The van der Waals surface area contributed by atoms with Gasteiger partial charge in [0.05, 0.1) is 18.1 Å². The maximum absolute atomic E-state index is 10.8. The minimum atomic E-state index is -1.04. The highest BCUT2D eigenvalue weighted by Gasteiger charge is 2.06. The summed E-state index contributed by atoms with van der Waals surface area (Å²) in [4.78, 5) is 14.6. The Kier molecular flexibility index (Phi) is 3.01. The van der Waals surface area contributed by atoms with Crippen LogP contribution in [0, 0.1) is 0 Å². The van der Waals surface area contributed by atoms with Crippen molar-refractivity contribution >= 4 is 5.97 Å². The Labute approximate surface area is 115 Å². The lowest BCUT2D eigenvalue weighted by molar-refractivity contribution is 0.0690. The van der Waals surface area contributed by atoms with Crippen molar-refractivity contribution in [2.45, 2.75) is 0 Å². The van der Waals surface area contributed by atoms with Crippen molar-refractivity contribution in [2.75, 3.05) is 0 Å². The summed E-state index contributed by atoms with van der Waals surface area (Å²) in [6, 6.07) is 13.0. The SMILES string of the molecule is O=C(O)c1ccc(-n2cc(-c3ccccc3)cn2)cn1. The Hall–Kier alpha value is -2.95. The van der Waals surface area contributed by atoms with Crippen LogP contribution in [0.5, 0.6) is 0 Å². The molecule has 0 aliphatic rings. The largest absolute Gasteiger partial charge is 0.477 e. The predicted molar refractivity (Wildman–Crippen MR) is 73.8 cm³/mol. The number of aromatic carboxylic acids is 1. The Morgan fingerprint density at radius 2 is 1.80 bits per heavy atom. The molecular weight excluding hydrogens is 254 g/mol. The first-order valence-corrected chi connectivity index (χ1v) is 6.04. The molecule has 3 rings (SSSR count). The Morgan fingerprint density at radius 3 is 2.45 bits per heavy atom. The third-order valence-electron chi connectivity index (χ3n) is 2.92. The third-order valence-corrected chi connectivity index (χ3v) is 2.92. The quantitative estimate of drug-likeness (QED) is 0.790. The molecule has 1 aromatic carbocycles. The van der Waals surface area contributed by atoms with Gasteiger partial charge in [0, 0.05) is 11.8 Å². The first-order valence-electron chi connectivity index (χ1n) is 6.04. The molecule has 0 atom stereocenters. The molecule has 0 unspecified atom stereocenters. The fourth-order valence-corrected chi connectivity index (χ4v) is 1.89. The molecule has 98 valence electrons. The molecule has 3 aromatic rings. The normalized spacial score (nSPS) is 10.4. The van der Waals surface area contributed by atoms with E-state index in [9.17, 15) is 4.79 Å². The van der Waals surface area contributed by atoms with Crippen LogP contribution in [-0.4, -0.2) is 25.8 Å². The lowest BCUT2D eigenvalue weighted by Gasteiger charge is -2.00. The van der Waals surface area contributed by atoms with Crippen molar-refractivity contribution in [1.82, 2.24) is 14.8 Å². The van der Waals surface area contributed by atoms with E-state index in [1.165, 1.54) is 12.3 Å². The fraction of sp³-hybridized carbons (Fsp3) is 0. The van der Waals surface area contributed by atoms with Gasteiger partial charge < -0.3 is 5.11 Å². The fourth-order valence-electron chi connectivity index (χ4n) is 1.89. The van der Waals surface area contributed by atoms with Gasteiger partial charge in [-0.2, -0.15) is 5.10 Å². The number of carbonyl (C=O) groups is 1. The van der Waals surface area contributed by atoms with Gasteiger partial charge in [-0.15, -0.1) is 0 Å². The molecule has 5 heteroatoms. The number of rotatable bonds is 3. The van der Waals surface area contributed by atoms with E-state index in [1.807, 2.05) is 36.5 Å². The lowest BCUT2D eigenvalue weighted by Crippen LogP contribution is -2.01. The van der Waals surface area contributed by atoms with E-state index in [1.54, 1.807) is 16.9 Å². The van der Waals surface area contributed by atoms with E-state index in [0.29, 0.717) is 0 Å². The van der Waals surface area contributed by atoms with Crippen molar-refractivity contribution in [3.63, 3.8) is 0 Å². The van der Waals surface area contributed by atoms with Crippen LogP contribution in [-0.2, 0) is 0 Å². The first-order chi connectivity index (χ1) is 9.74. The Morgan fingerprint density at radius 1 is 1.00 bits per heavy atom. The molecule has 0 aliphatic carbocycles. The number of hydrogen-bond acceptors (Lipinski definition) is 3. The highest BCUT2D eigenvalue weighted by atomic mass is 16.4.